The van der Waals surface area contributed by atoms with E-state index in [0.717, 1.165) is 4.57 Å². The van der Waals surface area contributed by atoms with Crippen LogP contribution in [-0.2, 0) is 18.8 Å². The zero-order valence-corrected chi connectivity index (χ0v) is 13.3. The van der Waals surface area contributed by atoms with E-state index in [0.29, 0.717) is 11.3 Å². The summed E-state index contributed by atoms with van der Waals surface area (Å²) in [4.78, 5) is 45.2. The molecule has 0 amide bonds. The third-order valence-corrected chi connectivity index (χ3v) is 3.77. The minimum atomic E-state index is -0.678. The van der Waals surface area contributed by atoms with Gasteiger partial charge < -0.3 is 4.74 Å². The fourth-order valence-corrected chi connectivity index (χ4v) is 2.49. The standard InChI is InChI=1S/C16H14N4O4/c1-19-13-12(14(21)20(2)16(19)23)10(15(22)24-3)7-11(18-13)9-5-4-6-17-8-9/h4-8H,1-3H3. The average molecular weight is 326 g/mol. The lowest BCUT2D eigenvalue weighted by molar-refractivity contribution is 0.0603. The number of ether oxygens (including phenoxy) is 1. The molecule has 24 heavy (non-hydrogen) atoms. The van der Waals surface area contributed by atoms with Crippen LogP contribution in [0.1, 0.15) is 10.4 Å². The smallest absolute Gasteiger partial charge is 0.338 e. The summed E-state index contributed by atoms with van der Waals surface area (Å²) in [6.45, 7) is 0. The molecule has 0 bridgehead atoms. The van der Waals surface area contributed by atoms with Crippen molar-refractivity contribution in [2.45, 2.75) is 0 Å². The molecule has 8 heteroatoms. The van der Waals surface area contributed by atoms with Crippen molar-refractivity contribution in [3.63, 3.8) is 0 Å². The van der Waals surface area contributed by atoms with Crippen molar-refractivity contribution >= 4 is 17.0 Å². The zero-order valence-electron chi connectivity index (χ0n) is 13.3. The van der Waals surface area contributed by atoms with Gasteiger partial charge in [-0.1, -0.05) is 0 Å². The monoisotopic (exact) mass is 326 g/mol. The number of rotatable bonds is 2. The van der Waals surface area contributed by atoms with Crippen LogP contribution in [0.15, 0.2) is 40.2 Å². The highest BCUT2D eigenvalue weighted by molar-refractivity contribution is 6.03. The maximum atomic E-state index is 12.5. The lowest BCUT2D eigenvalue weighted by atomic mass is 10.1. The molecule has 0 atom stereocenters. The minimum absolute atomic E-state index is 0.0408. The summed E-state index contributed by atoms with van der Waals surface area (Å²) >= 11 is 0. The quantitative estimate of drug-likeness (QED) is 0.636. The van der Waals surface area contributed by atoms with Crippen molar-refractivity contribution in [1.82, 2.24) is 19.1 Å². The van der Waals surface area contributed by atoms with Gasteiger partial charge in [-0.05, 0) is 18.2 Å². The number of aromatic nitrogens is 4. The van der Waals surface area contributed by atoms with E-state index >= 15 is 0 Å². The number of hydrogen-bond acceptors (Lipinski definition) is 6. The van der Waals surface area contributed by atoms with Gasteiger partial charge in [0.1, 0.15) is 0 Å². The number of aryl methyl sites for hydroxylation is 1. The van der Waals surface area contributed by atoms with Gasteiger partial charge in [-0.15, -0.1) is 0 Å². The van der Waals surface area contributed by atoms with Crippen LogP contribution in [0.2, 0.25) is 0 Å². The van der Waals surface area contributed by atoms with Crippen LogP contribution < -0.4 is 11.2 Å². The first-order valence-electron chi connectivity index (χ1n) is 7.05. The van der Waals surface area contributed by atoms with Gasteiger partial charge in [-0.3, -0.25) is 18.9 Å². The van der Waals surface area contributed by atoms with Crippen LogP contribution in [0.3, 0.4) is 0 Å². The van der Waals surface area contributed by atoms with E-state index in [1.54, 1.807) is 24.5 Å². The molecule has 0 N–H and O–H groups in total. The SMILES string of the molecule is COC(=O)c1cc(-c2cccnc2)nc2c1c(=O)n(C)c(=O)n2C. The summed E-state index contributed by atoms with van der Waals surface area (Å²) in [5, 5.41) is 0.0408. The second-order valence-electron chi connectivity index (χ2n) is 5.19. The van der Waals surface area contributed by atoms with Gasteiger partial charge in [0.05, 0.1) is 23.8 Å². The van der Waals surface area contributed by atoms with Crippen molar-refractivity contribution in [3.8, 4) is 11.3 Å². The van der Waals surface area contributed by atoms with E-state index in [2.05, 4.69) is 9.97 Å². The van der Waals surface area contributed by atoms with Crippen molar-refractivity contribution in [2.75, 3.05) is 7.11 Å². The molecule has 122 valence electrons. The van der Waals surface area contributed by atoms with Gasteiger partial charge in [-0.2, -0.15) is 0 Å². The number of hydrogen-bond donors (Lipinski definition) is 0. The van der Waals surface area contributed by atoms with Gasteiger partial charge in [0.15, 0.2) is 5.65 Å². The average Bonchev–Trinajstić information content (AvgIpc) is 2.63. The normalized spacial score (nSPS) is 10.8. The maximum absolute atomic E-state index is 12.5. The van der Waals surface area contributed by atoms with Gasteiger partial charge in [0.2, 0.25) is 0 Å². The molecular formula is C16H14N4O4. The molecule has 0 spiro atoms. The van der Waals surface area contributed by atoms with E-state index in [9.17, 15) is 14.4 Å². The minimum Gasteiger partial charge on any atom is -0.465 e. The van der Waals surface area contributed by atoms with E-state index < -0.39 is 17.2 Å². The molecule has 0 aliphatic heterocycles. The van der Waals surface area contributed by atoms with E-state index in [4.69, 9.17) is 4.74 Å². The molecule has 0 fully saturated rings. The van der Waals surface area contributed by atoms with Gasteiger partial charge in [-0.25, -0.2) is 14.6 Å². The molecule has 0 aromatic carbocycles. The highest BCUT2D eigenvalue weighted by Gasteiger charge is 2.20. The Morgan fingerprint density at radius 2 is 1.96 bits per heavy atom. The molecule has 3 rings (SSSR count). The van der Waals surface area contributed by atoms with Gasteiger partial charge in [0, 0.05) is 32.1 Å². The van der Waals surface area contributed by atoms with Crippen molar-refractivity contribution in [1.29, 1.82) is 0 Å². The summed E-state index contributed by atoms with van der Waals surface area (Å²) in [6, 6.07) is 4.96. The molecule has 8 nitrogen and oxygen atoms in total. The Morgan fingerprint density at radius 1 is 1.21 bits per heavy atom. The number of fused-ring (bicyclic) bond motifs is 1. The van der Waals surface area contributed by atoms with Crippen molar-refractivity contribution < 1.29 is 9.53 Å². The Kier molecular flexibility index (Phi) is 3.72. The molecule has 0 aliphatic carbocycles. The number of carbonyl (C=O) groups is 1. The molecule has 0 radical (unpaired) electrons. The molecule has 3 aromatic heterocycles. The van der Waals surface area contributed by atoms with Crippen LogP contribution in [0.5, 0.6) is 0 Å². The summed E-state index contributed by atoms with van der Waals surface area (Å²) < 4.78 is 6.94. The third-order valence-electron chi connectivity index (χ3n) is 3.77. The number of pyridine rings is 2. The summed E-state index contributed by atoms with van der Waals surface area (Å²) in [7, 11) is 4.07. The van der Waals surface area contributed by atoms with Crippen molar-refractivity contribution in [2.24, 2.45) is 14.1 Å². The summed E-state index contributed by atoms with van der Waals surface area (Å²) in [5.41, 5.74) is 0.109. The summed E-state index contributed by atoms with van der Waals surface area (Å²) in [6.07, 6.45) is 3.19. The highest BCUT2D eigenvalue weighted by Crippen LogP contribution is 2.22. The molecule has 0 aliphatic rings. The first-order valence-corrected chi connectivity index (χ1v) is 7.05. The van der Waals surface area contributed by atoms with Crippen LogP contribution >= 0.6 is 0 Å². The van der Waals surface area contributed by atoms with Crippen LogP contribution in [0.25, 0.3) is 22.3 Å². The topological polar surface area (TPSA) is 96.1 Å². The van der Waals surface area contributed by atoms with E-state index in [-0.39, 0.29) is 16.6 Å². The van der Waals surface area contributed by atoms with Gasteiger partial charge in [0.25, 0.3) is 5.56 Å². The number of carbonyl (C=O) groups excluding carboxylic acids is 1. The highest BCUT2D eigenvalue weighted by atomic mass is 16.5. The fraction of sp³-hybridized carbons (Fsp3) is 0.188. The lowest BCUT2D eigenvalue weighted by Gasteiger charge is -2.11. The largest absolute Gasteiger partial charge is 0.465 e. The second-order valence-corrected chi connectivity index (χ2v) is 5.19. The molecule has 0 unspecified atom stereocenters. The second kappa shape index (κ2) is 5.73. The van der Waals surface area contributed by atoms with Crippen LogP contribution in [0, 0.1) is 0 Å². The Labute approximate surface area is 136 Å². The molecule has 0 saturated carbocycles. The van der Waals surface area contributed by atoms with E-state index in [1.807, 2.05) is 0 Å². The molecule has 0 saturated heterocycles. The van der Waals surface area contributed by atoms with Crippen LogP contribution in [-0.4, -0.2) is 32.2 Å². The van der Waals surface area contributed by atoms with Crippen molar-refractivity contribution in [3.05, 3.63) is 57.0 Å². The lowest BCUT2D eigenvalue weighted by Crippen LogP contribution is -2.38. The predicted octanol–water partition coefficient (Wildman–Crippen LogP) is 0.481. The Bertz CT molecular complexity index is 1070. The maximum Gasteiger partial charge on any atom is 0.338 e. The van der Waals surface area contributed by atoms with Gasteiger partial charge >= 0.3 is 11.7 Å². The number of esters is 1. The molecule has 3 aromatic rings. The summed E-state index contributed by atoms with van der Waals surface area (Å²) in [5.74, 6) is -0.678. The predicted molar refractivity (Wildman–Crippen MR) is 86.8 cm³/mol. The Hall–Kier alpha value is -3.29. The number of methoxy groups -OCH3 is 1. The molecule has 3 heterocycles. The number of nitrogens with zero attached hydrogens (tertiary/aromatic N) is 4. The Morgan fingerprint density at radius 3 is 2.58 bits per heavy atom. The first-order chi connectivity index (χ1) is 11.5. The molecular weight excluding hydrogens is 312 g/mol. The fourth-order valence-electron chi connectivity index (χ4n) is 2.49. The first kappa shape index (κ1) is 15.6. The zero-order chi connectivity index (χ0) is 17.4. The Balaban J connectivity index is 2.51. The van der Waals surface area contributed by atoms with E-state index in [1.165, 1.54) is 31.8 Å². The van der Waals surface area contributed by atoms with Crippen LogP contribution in [0.4, 0.5) is 0 Å². The third kappa shape index (κ3) is 2.28.